The number of hydrogen-bond donors (Lipinski definition) is 0. The Hall–Kier alpha value is -1.09. The molecule has 0 saturated heterocycles. The largest absolute Gasteiger partial charge is 0.486 e. The molecule has 0 amide bonds. The number of benzene rings is 1. The van der Waals surface area contributed by atoms with Crippen molar-refractivity contribution in [3.05, 3.63) is 41.4 Å². The highest BCUT2D eigenvalue weighted by Gasteiger charge is 2.31. The van der Waals surface area contributed by atoms with Crippen LogP contribution >= 0.6 is 7.60 Å². The Labute approximate surface area is 114 Å². The van der Waals surface area contributed by atoms with Gasteiger partial charge in [0.1, 0.15) is 0 Å². The lowest BCUT2D eigenvalue weighted by molar-refractivity contribution is 0.185. The summed E-state index contributed by atoms with van der Waals surface area (Å²) < 4.78 is 28.7. The van der Waals surface area contributed by atoms with Gasteiger partial charge in [-0.2, -0.15) is 0 Å². The van der Waals surface area contributed by atoms with Crippen molar-refractivity contribution in [3.8, 4) is 0 Å². The third kappa shape index (κ3) is 4.83. The molecule has 4 nitrogen and oxygen atoms in total. The Morgan fingerprint density at radius 1 is 1.05 bits per heavy atom. The summed E-state index contributed by atoms with van der Waals surface area (Å²) in [5.41, 5.74) is 1.15. The quantitative estimate of drug-likeness (QED) is 0.527. The molecule has 0 saturated carbocycles. The lowest BCUT2D eigenvalue weighted by atomic mass is 10.2. The molecule has 0 aliphatic heterocycles. The highest BCUT2D eigenvalue weighted by molar-refractivity contribution is 7.58. The molecule has 1 rings (SSSR count). The first-order valence-corrected chi connectivity index (χ1v) is 7.99. The lowest BCUT2D eigenvalue weighted by Crippen LogP contribution is -2.02. The molecule has 0 atom stereocenters. The van der Waals surface area contributed by atoms with E-state index in [0.29, 0.717) is 19.8 Å². The zero-order valence-corrected chi connectivity index (χ0v) is 12.6. The molecule has 0 aliphatic rings. The van der Waals surface area contributed by atoms with Crippen LogP contribution in [0.3, 0.4) is 0 Å². The summed E-state index contributed by atoms with van der Waals surface area (Å²) in [5, 5.41) is 0. The average Bonchev–Trinajstić information content (AvgIpc) is 2.40. The van der Waals surface area contributed by atoms with Gasteiger partial charge in [0.25, 0.3) is 0 Å². The van der Waals surface area contributed by atoms with Crippen molar-refractivity contribution < 1.29 is 18.3 Å². The lowest BCUT2D eigenvalue weighted by Gasteiger charge is -2.19. The molecule has 0 heterocycles. The van der Waals surface area contributed by atoms with Crippen LogP contribution in [0.15, 0.2) is 35.8 Å². The Balaban J connectivity index is 3.10. The molecule has 0 radical (unpaired) electrons. The highest BCUT2D eigenvalue weighted by atomic mass is 31.2. The molecule has 0 aliphatic carbocycles. The fraction of sp³-hybridized carbons (Fsp3) is 0.429. The van der Waals surface area contributed by atoms with Crippen LogP contribution in [-0.4, -0.2) is 19.8 Å². The summed E-state index contributed by atoms with van der Waals surface area (Å²) in [6.45, 7) is 6.40. The van der Waals surface area contributed by atoms with Crippen LogP contribution in [0, 0.1) is 0 Å². The van der Waals surface area contributed by atoms with Crippen molar-refractivity contribution in [2.75, 3.05) is 19.8 Å². The number of rotatable bonds is 8. The van der Waals surface area contributed by atoms with Crippen molar-refractivity contribution in [3.63, 3.8) is 0 Å². The molecule has 5 heteroatoms. The maximum absolute atomic E-state index is 12.7. The number of hydrogen-bond acceptors (Lipinski definition) is 4. The number of ether oxygens (including phenoxy) is 1. The van der Waals surface area contributed by atoms with Gasteiger partial charge in [0.05, 0.1) is 19.8 Å². The fourth-order valence-electron chi connectivity index (χ4n) is 1.54. The van der Waals surface area contributed by atoms with Gasteiger partial charge in [-0.05, 0) is 32.4 Å². The molecule has 19 heavy (non-hydrogen) atoms. The smallest absolute Gasteiger partial charge is 0.395 e. The Morgan fingerprint density at radius 2 is 1.63 bits per heavy atom. The predicted molar refractivity (Wildman–Crippen MR) is 76.9 cm³/mol. The maximum Gasteiger partial charge on any atom is 0.395 e. The second kappa shape index (κ2) is 8.16. The minimum atomic E-state index is -3.37. The van der Waals surface area contributed by atoms with Crippen LogP contribution in [0.2, 0.25) is 0 Å². The van der Waals surface area contributed by atoms with Gasteiger partial charge in [0, 0.05) is 0 Å². The predicted octanol–water partition coefficient (Wildman–Crippen LogP) is 4.29. The van der Waals surface area contributed by atoms with Crippen LogP contribution in [-0.2, 0) is 18.3 Å². The van der Waals surface area contributed by atoms with Crippen molar-refractivity contribution in [2.24, 2.45) is 0 Å². The fourth-order valence-corrected chi connectivity index (χ4v) is 3.15. The van der Waals surface area contributed by atoms with Crippen molar-refractivity contribution >= 4 is 13.7 Å². The van der Waals surface area contributed by atoms with E-state index in [1.54, 1.807) is 19.9 Å². The molecule has 0 spiro atoms. The van der Waals surface area contributed by atoms with E-state index in [0.717, 1.165) is 5.56 Å². The van der Waals surface area contributed by atoms with Crippen LogP contribution < -0.4 is 0 Å². The summed E-state index contributed by atoms with van der Waals surface area (Å²) >= 11 is 0. The second-order valence-corrected chi connectivity index (χ2v) is 5.61. The summed E-state index contributed by atoms with van der Waals surface area (Å²) in [7, 11) is -3.37. The van der Waals surface area contributed by atoms with Crippen molar-refractivity contribution in [1.82, 2.24) is 0 Å². The topological polar surface area (TPSA) is 44.8 Å². The summed E-state index contributed by atoms with van der Waals surface area (Å²) in [6, 6.07) is 9.54. The average molecular weight is 284 g/mol. The van der Waals surface area contributed by atoms with Gasteiger partial charge in [-0.3, -0.25) is 4.57 Å². The van der Waals surface area contributed by atoms with E-state index in [4.69, 9.17) is 13.8 Å². The van der Waals surface area contributed by atoms with Gasteiger partial charge >= 0.3 is 7.60 Å². The molecular formula is C14H21O4P. The van der Waals surface area contributed by atoms with Crippen LogP contribution in [0.5, 0.6) is 0 Å². The van der Waals surface area contributed by atoms with Gasteiger partial charge in [0.15, 0.2) is 0 Å². The van der Waals surface area contributed by atoms with Crippen LogP contribution in [0.25, 0.3) is 6.08 Å². The third-order valence-corrected chi connectivity index (χ3v) is 4.24. The summed E-state index contributed by atoms with van der Waals surface area (Å²) in [6.07, 6.45) is 1.70. The van der Waals surface area contributed by atoms with E-state index in [2.05, 4.69) is 0 Å². The Kier molecular flexibility index (Phi) is 6.85. The van der Waals surface area contributed by atoms with Gasteiger partial charge in [0.2, 0.25) is 5.50 Å². The maximum atomic E-state index is 12.7. The van der Waals surface area contributed by atoms with E-state index in [1.165, 1.54) is 0 Å². The van der Waals surface area contributed by atoms with Crippen molar-refractivity contribution in [2.45, 2.75) is 20.8 Å². The first-order chi connectivity index (χ1) is 9.16. The van der Waals surface area contributed by atoms with Gasteiger partial charge in [-0.25, -0.2) is 0 Å². The third-order valence-electron chi connectivity index (χ3n) is 2.25. The zero-order valence-electron chi connectivity index (χ0n) is 11.7. The SMILES string of the molecule is CCO/C(=C\c1ccccc1)P(=O)(OCC)OCC. The Morgan fingerprint density at radius 3 is 2.11 bits per heavy atom. The van der Waals surface area contributed by atoms with E-state index in [1.807, 2.05) is 37.3 Å². The van der Waals surface area contributed by atoms with E-state index in [-0.39, 0.29) is 5.50 Å². The Bertz CT molecular complexity index is 432. The molecule has 0 N–H and O–H groups in total. The van der Waals surface area contributed by atoms with Gasteiger partial charge in [-0.15, -0.1) is 0 Å². The molecule has 0 bridgehead atoms. The van der Waals surface area contributed by atoms with Crippen LogP contribution in [0.4, 0.5) is 0 Å². The monoisotopic (exact) mass is 284 g/mol. The molecule has 0 fully saturated rings. The van der Waals surface area contributed by atoms with Gasteiger partial charge < -0.3 is 13.8 Å². The normalized spacial score (nSPS) is 12.5. The van der Waals surface area contributed by atoms with Crippen LogP contribution in [0.1, 0.15) is 26.3 Å². The molecule has 106 valence electrons. The second-order valence-electron chi connectivity index (χ2n) is 3.66. The minimum Gasteiger partial charge on any atom is -0.486 e. The minimum absolute atomic E-state index is 0.255. The van der Waals surface area contributed by atoms with E-state index >= 15 is 0 Å². The standard InChI is InChI=1S/C14H21O4P/c1-4-16-14(12-13-10-8-7-9-11-13)19(15,17-5-2)18-6-3/h7-12H,4-6H2,1-3H3/b14-12+. The van der Waals surface area contributed by atoms with E-state index < -0.39 is 7.60 Å². The van der Waals surface area contributed by atoms with Gasteiger partial charge in [-0.1, -0.05) is 30.3 Å². The summed E-state index contributed by atoms with van der Waals surface area (Å²) in [5.74, 6) is 0. The zero-order chi connectivity index (χ0) is 14.1. The first kappa shape index (κ1) is 16.0. The molecule has 0 unspecified atom stereocenters. The molecule has 1 aromatic rings. The molecule has 1 aromatic carbocycles. The first-order valence-electron chi connectivity index (χ1n) is 6.45. The molecular weight excluding hydrogens is 263 g/mol. The van der Waals surface area contributed by atoms with E-state index in [9.17, 15) is 4.57 Å². The van der Waals surface area contributed by atoms with Crippen molar-refractivity contribution in [1.29, 1.82) is 0 Å². The molecule has 0 aromatic heterocycles. The summed E-state index contributed by atoms with van der Waals surface area (Å²) in [4.78, 5) is 0. The highest BCUT2D eigenvalue weighted by Crippen LogP contribution is 2.56.